The molecular formula is C9H16N4O. The molecule has 0 fully saturated rings. The number of nitrogens with zero attached hydrogens (tertiary/aromatic N) is 1. The van der Waals surface area contributed by atoms with Crippen molar-refractivity contribution in [2.75, 3.05) is 6.54 Å². The molecule has 0 saturated heterocycles. The van der Waals surface area contributed by atoms with E-state index in [1.54, 1.807) is 12.3 Å². The van der Waals surface area contributed by atoms with E-state index in [1.165, 1.54) is 0 Å². The van der Waals surface area contributed by atoms with Crippen LogP contribution in [-0.4, -0.2) is 28.6 Å². The molecule has 0 bridgehead atoms. The van der Waals surface area contributed by atoms with Crippen molar-refractivity contribution >= 4 is 5.78 Å². The van der Waals surface area contributed by atoms with Crippen molar-refractivity contribution in [1.29, 1.82) is 0 Å². The molecule has 0 aliphatic carbocycles. The van der Waals surface area contributed by atoms with E-state index in [4.69, 9.17) is 11.5 Å². The van der Waals surface area contributed by atoms with Crippen LogP contribution in [0.1, 0.15) is 29.8 Å². The summed E-state index contributed by atoms with van der Waals surface area (Å²) in [5.41, 5.74) is 11.5. The first-order valence-corrected chi connectivity index (χ1v) is 4.75. The molecule has 1 aromatic rings. The van der Waals surface area contributed by atoms with Crippen LogP contribution < -0.4 is 11.5 Å². The summed E-state index contributed by atoms with van der Waals surface area (Å²) >= 11 is 0. The normalized spacial score (nSPS) is 12.7. The SMILES string of the molecule is NCCCC[C@H](N)C(=O)c1ccn[nH]1. The first-order valence-electron chi connectivity index (χ1n) is 4.75. The number of carbonyl (C=O) groups is 1. The molecule has 0 amide bonds. The molecule has 5 nitrogen and oxygen atoms in total. The highest BCUT2D eigenvalue weighted by atomic mass is 16.1. The van der Waals surface area contributed by atoms with E-state index >= 15 is 0 Å². The lowest BCUT2D eigenvalue weighted by molar-refractivity contribution is 0.0951. The first kappa shape index (κ1) is 10.9. The number of nitrogens with one attached hydrogen (secondary N) is 1. The van der Waals surface area contributed by atoms with Gasteiger partial charge in [0.2, 0.25) is 0 Å². The van der Waals surface area contributed by atoms with Gasteiger partial charge in [-0.1, -0.05) is 6.42 Å². The van der Waals surface area contributed by atoms with Gasteiger partial charge in [0.25, 0.3) is 0 Å². The second kappa shape index (κ2) is 5.51. The van der Waals surface area contributed by atoms with Crippen LogP contribution in [0.15, 0.2) is 12.3 Å². The topological polar surface area (TPSA) is 97.8 Å². The Kier molecular flexibility index (Phi) is 4.28. The third kappa shape index (κ3) is 2.93. The molecule has 0 radical (unpaired) electrons. The Hall–Kier alpha value is -1.20. The molecule has 0 aromatic carbocycles. The standard InChI is InChI=1S/C9H16N4O/c10-5-2-1-3-7(11)9(14)8-4-6-12-13-8/h4,6-7H,1-3,5,10-11H2,(H,12,13)/t7-/m0/s1. The molecule has 1 heterocycles. The highest BCUT2D eigenvalue weighted by Gasteiger charge is 2.15. The lowest BCUT2D eigenvalue weighted by Crippen LogP contribution is -2.30. The largest absolute Gasteiger partial charge is 0.330 e. The minimum Gasteiger partial charge on any atom is -0.330 e. The van der Waals surface area contributed by atoms with Crippen molar-refractivity contribution in [3.8, 4) is 0 Å². The summed E-state index contributed by atoms with van der Waals surface area (Å²) in [4.78, 5) is 11.6. The second-order valence-corrected chi connectivity index (χ2v) is 3.23. The Morgan fingerprint density at radius 2 is 2.36 bits per heavy atom. The van der Waals surface area contributed by atoms with Crippen molar-refractivity contribution in [1.82, 2.24) is 10.2 Å². The van der Waals surface area contributed by atoms with Crippen molar-refractivity contribution < 1.29 is 4.79 Å². The molecule has 0 unspecified atom stereocenters. The summed E-state index contributed by atoms with van der Waals surface area (Å²) in [5, 5.41) is 6.30. The fraction of sp³-hybridized carbons (Fsp3) is 0.556. The molecule has 1 aromatic heterocycles. The van der Waals surface area contributed by atoms with Crippen molar-refractivity contribution in [2.45, 2.75) is 25.3 Å². The molecule has 0 aliphatic rings. The van der Waals surface area contributed by atoms with Gasteiger partial charge in [-0.05, 0) is 25.5 Å². The molecule has 5 N–H and O–H groups in total. The van der Waals surface area contributed by atoms with Crippen molar-refractivity contribution in [3.63, 3.8) is 0 Å². The number of aromatic amines is 1. The molecule has 14 heavy (non-hydrogen) atoms. The van der Waals surface area contributed by atoms with Crippen LogP contribution in [-0.2, 0) is 0 Å². The number of H-pyrrole nitrogens is 1. The highest BCUT2D eigenvalue weighted by Crippen LogP contribution is 2.04. The Balaban J connectivity index is 2.37. The molecule has 5 heteroatoms. The van der Waals surface area contributed by atoms with Crippen LogP contribution in [0.2, 0.25) is 0 Å². The predicted octanol–water partition coefficient (Wildman–Crippen LogP) is 0.0487. The molecule has 1 rings (SSSR count). The summed E-state index contributed by atoms with van der Waals surface area (Å²) in [6.45, 7) is 0.644. The monoisotopic (exact) mass is 196 g/mol. The van der Waals surface area contributed by atoms with Crippen LogP contribution in [0.3, 0.4) is 0 Å². The van der Waals surface area contributed by atoms with E-state index in [-0.39, 0.29) is 5.78 Å². The fourth-order valence-electron chi connectivity index (χ4n) is 1.23. The van der Waals surface area contributed by atoms with E-state index in [1.807, 2.05) is 0 Å². The van der Waals surface area contributed by atoms with E-state index in [9.17, 15) is 4.79 Å². The number of ketones is 1. The number of carbonyl (C=O) groups excluding carboxylic acids is 1. The zero-order chi connectivity index (χ0) is 10.4. The fourth-order valence-corrected chi connectivity index (χ4v) is 1.23. The van der Waals surface area contributed by atoms with Gasteiger partial charge >= 0.3 is 0 Å². The van der Waals surface area contributed by atoms with Gasteiger partial charge in [0.15, 0.2) is 5.78 Å². The van der Waals surface area contributed by atoms with Crippen LogP contribution in [0, 0.1) is 0 Å². The average molecular weight is 196 g/mol. The summed E-state index contributed by atoms with van der Waals surface area (Å²) in [6, 6.07) is 1.19. The zero-order valence-electron chi connectivity index (χ0n) is 8.07. The second-order valence-electron chi connectivity index (χ2n) is 3.23. The third-order valence-corrected chi connectivity index (χ3v) is 2.07. The molecular weight excluding hydrogens is 180 g/mol. The maximum atomic E-state index is 11.6. The summed E-state index contributed by atoms with van der Waals surface area (Å²) in [7, 11) is 0. The van der Waals surface area contributed by atoms with Gasteiger partial charge in [-0.15, -0.1) is 0 Å². The van der Waals surface area contributed by atoms with Gasteiger partial charge in [-0.2, -0.15) is 5.10 Å². The lowest BCUT2D eigenvalue weighted by atomic mass is 10.0. The number of aromatic nitrogens is 2. The average Bonchev–Trinajstić information content (AvgIpc) is 2.69. The predicted molar refractivity (Wildman–Crippen MR) is 53.8 cm³/mol. The molecule has 0 saturated carbocycles. The molecule has 1 atom stereocenters. The summed E-state index contributed by atoms with van der Waals surface area (Å²) in [5.74, 6) is -0.0838. The number of nitrogens with two attached hydrogens (primary N) is 2. The van der Waals surface area contributed by atoms with Gasteiger partial charge in [0, 0.05) is 6.20 Å². The highest BCUT2D eigenvalue weighted by molar-refractivity contribution is 5.98. The van der Waals surface area contributed by atoms with Crippen molar-refractivity contribution in [3.05, 3.63) is 18.0 Å². The number of hydrogen-bond acceptors (Lipinski definition) is 4. The maximum Gasteiger partial charge on any atom is 0.197 e. The number of hydrogen-bond donors (Lipinski definition) is 3. The quantitative estimate of drug-likeness (QED) is 0.442. The third-order valence-electron chi connectivity index (χ3n) is 2.07. The van der Waals surface area contributed by atoms with Gasteiger partial charge < -0.3 is 11.5 Å². The van der Waals surface area contributed by atoms with E-state index in [2.05, 4.69) is 10.2 Å². The van der Waals surface area contributed by atoms with Crippen LogP contribution in [0.4, 0.5) is 0 Å². The van der Waals surface area contributed by atoms with Crippen LogP contribution >= 0.6 is 0 Å². The number of Topliss-reactive ketones (excluding diaryl/α,β-unsaturated/α-hetero) is 1. The van der Waals surface area contributed by atoms with Crippen LogP contribution in [0.5, 0.6) is 0 Å². The Morgan fingerprint density at radius 3 is 2.93 bits per heavy atom. The van der Waals surface area contributed by atoms with E-state index in [0.29, 0.717) is 18.7 Å². The van der Waals surface area contributed by atoms with Gasteiger partial charge in [-0.3, -0.25) is 9.89 Å². The summed E-state index contributed by atoms with van der Waals surface area (Å²) in [6.07, 6.45) is 4.01. The van der Waals surface area contributed by atoms with Gasteiger partial charge in [-0.25, -0.2) is 0 Å². The van der Waals surface area contributed by atoms with Crippen LogP contribution in [0.25, 0.3) is 0 Å². The van der Waals surface area contributed by atoms with Crippen molar-refractivity contribution in [2.24, 2.45) is 11.5 Å². The minimum absolute atomic E-state index is 0.0838. The molecule has 78 valence electrons. The van der Waals surface area contributed by atoms with Gasteiger partial charge in [0.1, 0.15) is 5.69 Å². The van der Waals surface area contributed by atoms with E-state index in [0.717, 1.165) is 12.8 Å². The minimum atomic E-state index is -0.443. The van der Waals surface area contributed by atoms with E-state index < -0.39 is 6.04 Å². The number of unbranched alkanes of at least 4 members (excludes halogenated alkanes) is 1. The Morgan fingerprint density at radius 1 is 1.57 bits per heavy atom. The molecule has 0 aliphatic heterocycles. The molecule has 0 spiro atoms. The maximum absolute atomic E-state index is 11.6. The number of rotatable bonds is 6. The Labute approximate surface area is 82.9 Å². The Bertz CT molecular complexity index is 270. The summed E-state index contributed by atoms with van der Waals surface area (Å²) < 4.78 is 0. The zero-order valence-corrected chi connectivity index (χ0v) is 8.07. The first-order chi connectivity index (χ1) is 6.75. The van der Waals surface area contributed by atoms with Gasteiger partial charge in [0.05, 0.1) is 6.04 Å². The lowest BCUT2D eigenvalue weighted by Gasteiger charge is -2.07. The smallest absolute Gasteiger partial charge is 0.197 e.